The molecule has 0 bridgehead atoms. The van der Waals surface area contributed by atoms with Crippen molar-refractivity contribution in [2.45, 2.75) is 4.90 Å². The number of benzene rings is 2. The molecule has 0 aliphatic carbocycles. The highest BCUT2D eigenvalue weighted by Crippen LogP contribution is 2.15. The molecule has 0 aromatic heterocycles. The highest BCUT2D eigenvalue weighted by atomic mass is 32.2. The molecule has 120 valence electrons. The molecule has 0 saturated heterocycles. The Balaban J connectivity index is 2.56. The van der Waals surface area contributed by atoms with Crippen LogP contribution in [0.5, 0.6) is 0 Å². The fraction of sp³-hybridized carbons (Fsp3) is 0.125. The third-order valence-electron chi connectivity index (χ3n) is 2.83. The van der Waals surface area contributed by atoms with Gasteiger partial charge in [0.05, 0.1) is 12.0 Å². The number of nitrogens with zero attached hydrogens (tertiary/aromatic N) is 2. The summed E-state index contributed by atoms with van der Waals surface area (Å²) in [7, 11) is -2.38. The van der Waals surface area contributed by atoms with Crippen LogP contribution in [-0.2, 0) is 14.8 Å². The van der Waals surface area contributed by atoms with Gasteiger partial charge >= 0.3 is 0 Å². The molecule has 0 saturated carbocycles. The molecular formula is C16H16N2O3S2. The van der Waals surface area contributed by atoms with Gasteiger partial charge in [0, 0.05) is 5.56 Å². The number of ether oxygens (including phenoxy) is 1. The van der Waals surface area contributed by atoms with E-state index in [1.54, 1.807) is 48.7 Å². The molecular weight excluding hydrogens is 332 g/mol. The van der Waals surface area contributed by atoms with Crippen LogP contribution in [0.4, 0.5) is 0 Å². The number of rotatable bonds is 3. The zero-order valence-corrected chi connectivity index (χ0v) is 14.3. The lowest BCUT2D eigenvalue weighted by Gasteiger charge is -2.05. The Morgan fingerprint density at radius 3 is 2.09 bits per heavy atom. The topological polar surface area (TPSA) is 68.1 Å². The summed E-state index contributed by atoms with van der Waals surface area (Å²) in [5, 5.41) is 0.330. The van der Waals surface area contributed by atoms with Gasteiger partial charge in [-0.05, 0) is 18.4 Å². The second-order valence-corrected chi connectivity index (χ2v) is 6.72. The summed E-state index contributed by atoms with van der Waals surface area (Å²) in [5.74, 6) is 0.0839. The maximum atomic E-state index is 12.5. The molecule has 2 rings (SSSR count). The van der Waals surface area contributed by atoms with Crippen molar-refractivity contribution in [3.63, 3.8) is 0 Å². The molecule has 0 N–H and O–H groups in total. The van der Waals surface area contributed by atoms with E-state index >= 15 is 0 Å². The van der Waals surface area contributed by atoms with Gasteiger partial charge in [-0.25, -0.2) is 0 Å². The minimum Gasteiger partial charge on any atom is -0.476 e. The van der Waals surface area contributed by atoms with Crippen molar-refractivity contribution in [3.8, 4) is 0 Å². The average molecular weight is 348 g/mol. The lowest BCUT2D eigenvalue weighted by molar-refractivity contribution is 0.417. The van der Waals surface area contributed by atoms with Gasteiger partial charge in [0.1, 0.15) is 0 Å². The van der Waals surface area contributed by atoms with Gasteiger partial charge in [-0.3, -0.25) is 0 Å². The predicted molar refractivity (Wildman–Crippen MR) is 94.6 cm³/mol. The first-order chi connectivity index (χ1) is 11.1. The monoisotopic (exact) mass is 348 g/mol. The summed E-state index contributed by atoms with van der Waals surface area (Å²) in [6.45, 7) is 0. The van der Waals surface area contributed by atoms with Crippen molar-refractivity contribution < 1.29 is 13.2 Å². The van der Waals surface area contributed by atoms with E-state index < -0.39 is 10.0 Å². The van der Waals surface area contributed by atoms with Crippen LogP contribution in [0.2, 0.25) is 0 Å². The molecule has 0 aliphatic heterocycles. The lowest BCUT2D eigenvalue weighted by atomic mass is 10.2. The van der Waals surface area contributed by atoms with E-state index in [1.807, 2.05) is 6.07 Å². The molecule has 0 atom stereocenters. The number of aliphatic imine (C=N–C) groups is 1. The van der Waals surface area contributed by atoms with E-state index in [-0.39, 0.29) is 10.7 Å². The number of hydrogen-bond acceptors (Lipinski definition) is 4. The first-order valence-corrected chi connectivity index (χ1v) is 9.35. The molecule has 0 aliphatic rings. The van der Waals surface area contributed by atoms with Crippen LogP contribution in [0.25, 0.3) is 0 Å². The standard InChI is InChI=1S/C16H16N2O3S2/c1-21-16(22-2)17-15(13-9-5-3-6-10-13)18-23(19,20)14-11-7-4-8-12-14/h3-12H,1-2H3/b17-16?,18-15-. The molecule has 0 spiro atoms. The summed E-state index contributed by atoms with van der Waals surface area (Å²) in [5.41, 5.74) is 0.593. The maximum absolute atomic E-state index is 12.5. The highest BCUT2D eigenvalue weighted by Gasteiger charge is 2.15. The van der Waals surface area contributed by atoms with E-state index in [9.17, 15) is 8.42 Å². The first-order valence-electron chi connectivity index (χ1n) is 6.69. The average Bonchev–Trinajstić information content (AvgIpc) is 2.60. The number of amidine groups is 1. The third kappa shape index (κ3) is 4.67. The second kappa shape index (κ2) is 7.94. The van der Waals surface area contributed by atoms with E-state index in [1.165, 1.54) is 31.0 Å². The van der Waals surface area contributed by atoms with Crippen molar-refractivity contribution in [2.24, 2.45) is 9.39 Å². The van der Waals surface area contributed by atoms with Crippen LogP contribution in [0.1, 0.15) is 5.56 Å². The van der Waals surface area contributed by atoms with Crippen molar-refractivity contribution >= 4 is 32.9 Å². The molecule has 0 heterocycles. The van der Waals surface area contributed by atoms with E-state index in [2.05, 4.69) is 9.39 Å². The summed E-state index contributed by atoms with van der Waals surface area (Å²) < 4.78 is 33.9. The minimum absolute atomic E-state index is 0.0839. The molecule has 7 heteroatoms. The Kier molecular flexibility index (Phi) is 5.95. The number of hydrogen-bond donors (Lipinski definition) is 0. The van der Waals surface area contributed by atoms with Gasteiger partial charge in [-0.15, -0.1) is 4.40 Å². The van der Waals surface area contributed by atoms with Gasteiger partial charge in [-0.2, -0.15) is 13.4 Å². The summed E-state index contributed by atoms with van der Waals surface area (Å²) in [6, 6.07) is 17.0. The van der Waals surface area contributed by atoms with Crippen molar-refractivity contribution in [1.29, 1.82) is 0 Å². The van der Waals surface area contributed by atoms with Crippen LogP contribution >= 0.6 is 11.8 Å². The molecule has 0 unspecified atom stereocenters. The summed E-state index contributed by atoms with van der Waals surface area (Å²) >= 11 is 1.27. The molecule has 5 nitrogen and oxygen atoms in total. The fourth-order valence-electron chi connectivity index (χ4n) is 1.74. The van der Waals surface area contributed by atoms with Gasteiger partial charge in [0.2, 0.25) is 0 Å². The largest absolute Gasteiger partial charge is 0.476 e. The Labute approximate surface area is 140 Å². The molecule has 2 aromatic rings. The maximum Gasteiger partial charge on any atom is 0.284 e. The molecule has 2 aromatic carbocycles. The first kappa shape index (κ1) is 17.2. The lowest BCUT2D eigenvalue weighted by Crippen LogP contribution is -2.08. The van der Waals surface area contributed by atoms with Crippen molar-refractivity contribution in [3.05, 3.63) is 66.2 Å². The van der Waals surface area contributed by atoms with Gasteiger partial charge in [-0.1, -0.05) is 60.3 Å². The highest BCUT2D eigenvalue weighted by molar-refractivity contribution is 8.13. The van der Waals surface area contributed by atoms with Crippen LogP contribution in [0, 0.1) is 0 Å². The zero-order chi connectivity index (χ0) is 16.7. The van der Waals surface area contributed by atoms with E-state index in [0.717, 1.165) is 0 Å². The van der Waals surface area contributed by atoms with Gasteiger partial charge < -0.3 is 4.74 Å². The third-order valence-corrected chi connectivity index (χ3v) is 4.71. The fourth-order valence-corrected chi connectivity index (χ4v) is 3.07. The minimum atomic E-state index is -3.85. The Morgan fingerprint density at radius 1 is 1.00 bits per heavy atom. The molecule has 0 fully saturated rings. The van der Waals surface area contributed by atoms with Gasteiger partial charge in [0.25, 0.3) is 15.3 Å². The summed E-state index contributed by atoms with van der Waals surface area (Å²) in [4.78, 5) is 4.34. The second-order valence-electron chi connectivity index (χ2n) is 4.35. The number of methoxy groups -OCH3 is 1. The van der Waals surface area contributed by atoms with E-state index in [0.29, 0.717) is 10.8 Å². The van der Waals surface area contributed by atoms with Crippen LogP contribution < -0.4 is 0 Å². The van der Waals surface area contributed by atoms with Crippen molar-refractivity contribution in [1.82, 2.24) is 0 Å². The van der Waals surface area contributed by atoms with Crippen molar-refractivity contribution in [2.75, 3.05) is 13.4 Å². The summed E-state index contributed by atoms with van der Waals surface area (Å²) in [6.07, 6.45) is 1.79. The van der Waals surface area contributed by atoms with Gasteiger partial charge in [0.15, 0.2) is 5.84 Å². The van der Waals surface area contributed by atoms with Crippen LogP contribution in [0.3, 0.4) is 0 Å². The molecule has 0 radical (unpaired) electrons. The van der Waals surface area contributed by atoms with E-state index in [4.69, 9.17) is 4.74 Å². The van der Waals surface area contributed by atoms with Crippen LogP contribution in [-0.4, -0.2) is 32.8 Å². The molecule has 0 amide bonds. The normalized spacial score (nSPS) is 13.0. The number of thioether (sulfide) groups is 1. The Morgan fingerprint density at radius 2 is 1.57 bits per heavy atom. The predicted octanol–water partition coefficient (Wildman–Crippen LogP) is 3.19. The van der Waals surface area contributed by atoms with Crippen LogP contribution in [0.15, 0.2) is 74.9 Å². The Hall–Kier alpha value is -2.12. The number of sulfonamides is 1. The zero-order valence-electron chi connectivity index (χ0n) is 12.7. The SMILES string of the molecule is COC(=N/C(=N\S(=O)(=O)c1ccccc1)c1ccccc1)SC. The quantitative estimate of drug-likeness (QED) is 0.631. The smallest absolute Gasteiger partial charge is 0.284 e. The Bertz CT molecular complexity index is 796. The molecule has 23 heavy (non-hydrogen) atoms.